The van der Waals surface area contributed by atoms with Gasteiger partial charge in [0.15, 0.2) is 0 Å². The lowest BCUT2D eigenvalue weighted by molar-refractivity contribution is -0.111. The molecule has 0 spiro atoms. The summed E-state index contributed by atoms with van der Waals surface area (Å²) in [6.07, 6.45) is 4.83. The maximum atomic E-state index is 12.3. The van der Waals surface area contributed by atoms with Gasteiger partial charge in [0.25, 0.3) is 0 Å². The van der Waals surface area contributed by atoms with Crippen LogP contribution in [0.2, 0.25) is 10.0 Å². The molecule has 1 amide bonds. The number of halogens is 2. The van der Waals surface area contributed by atoms with E-state index in [1.54, 1.807) is 24.3 Å². The third-order valence-corrected chi connectivity index (χ3v) is 4.31. The molecule has 4 heteroatoms. The van der Waals surface area contributed by atoms with Crippen LogP contribution in [0.4, 0.5) is 5.69 Å². The Kier molecular flexibility index (Phi) is 6.26. The zero-order valence-corrected chi connectivity index (χ0v) is 14.7. The fourth-order valence-corrected chi connectivity index (χ4v) is 2.92. The van der Waals surface area contributed by atoms with Gasteiger partial charge in [-0.2, -0.15) is 0 Å². The van der Waals surface area contributed by atoms with Crippen LogP contribution in [0, 0.1) is 0 Å². The molecule has 2 rings (SSSR count). The van der Waals surface area contributed by atoms with Crippen LogP contribution in [-0.2, 0) is 17.6 Å². The predicted molar refractivity (Wildman–Crippen MR) is 99.3 cm³/mol. The van der Waals surface area contributed by atoms with E-state index >= 15 is 0 Å². The molecule has 0 saturated heterocycles. The number of amides is 1. The van der Waals surface area contributed by atoms with Gasteiger partial charge in [0.1, 0.15) is 0 Å². The molecule has 0 radical (unpaired) electrons. The Bertz CT molecular complexity index is 696. The number of nitrogens with one attached hydrogen (secondary N) is 1. The molecular weight excluding hydrogens is 329 g/mol. The Morgan fingerprint density at radius 2 is 1.52 bits per heavy atom. The zero-order chi connectivity index (χ0) is 16.8. The summed E-state index contributed by atoms with van der Waals surface area (Å²) in [7, 11) is 0. The van der Waals surface area contributed by atoms with Gasteiger partial charge < -0.3 is 5.32 Å². The molecule has 0 heterocycles. The van der Waals surface area contributed by atoms with E-state index in [2.05, 4.69) is 19.2 Å². The average Bonchev–Trinajstić information content (AvgIpc) is 2.54. The van der Waals surface area contributed by atoms with Gasteiger partial charge in [-0.25, -0.2) is 0 Å². The van der Waals surface area contributed by atoms with Crippen LogP contribution in [-0.4, -0.2) is 5.91 Å². The van der Waals surface area contributed by atoms with Crippen molar-refractivity contribution < 1.29 is 4.79 Å². The quantitative estimate of drug-likeness (QED) is 0.683. The fourth-order valence-electron chi connectivity index (χ4n) is 2.40. The van der Waals surface area contributed by atoms with Crippen LogP contribution in [0.15, 0.2) is 42.5 Å². The molecule has 0 aromatic heterocycles. The highest BCUT2D eigenvalue weighted by molar-refractivity contribution is 6.37. The maximum absolute atomic E-state index is 12.3. The molecule has 2 aromatic carbocycles. The van der Waals surface area contributed by atoms with Crippen molar-refractivity contribution in [2.75, 3.05) is 5.32 Å². The molecule has 2 nitrogen and oxygen atoms in total. The SMILES string of the molecule is CCc1cccc(CC)c1NC(=O)/C=C/c1c(Cl)cccc1Cl. The number of para-hydroxylation sites is 1. The van der Waals surface area contributed by atoms with Crippen molar-refractivity contribution in [1.82, 2.24) is 0 Å². The van der Waals surface area contributed by atoms with Crippen molar-refractivity contribution in [3.8, 4) is 0 Å². The number of hydrogen-bond acceptors (Lipinski definition) is 1. The molecule has 0 fully saturated rings. The summed E-state index contributed by atoms with van der Waals surface area (Å²) < 4.78 is 0. The minimum atomic E-state index is -0.198. The van der Waals surface area contributed by atoms with Gasteiger partial charge in [0.2, 0.25) is 5.91 Å². The lowest BCUT2D eigenvalue weighted by Crippen LogP contribution is -2.11. The van der Waals surface area contributed by atoms with E-state index in [1.807, 2.05) is 18.2 Å². The Labute approximate surface area is 147 Å². The van der Waals surface area contributed by atoms with Crippen LogP contribution >= 0.6 is 23.2 Å². The lowest BCUT2D eigenvalue weighted by atomic mass is 10.0. The third kappa shape index (κ3) is 4.37. The van der Waals surface area contributed by atoms with Crippen LogP contribution in [0.1, 0.15) is 30.5 Å². The number of hydrogen-bond donors (Lipinski definition) is 1. The number of carbonyl (C=O) groups excluding carboxylic acids is 1. The first-order valence-electron chi connectivity index (χ1n) is 7.60. The summed E-state index contributed by atoms with van der Waals surface area (Å²) in [4.78, 5) is 12.3. The second-order valence-corrected chi connectivity index (χ2v) is 5.93. The number of rotatable bonds is 5. The summed E-state index contributed by atoms with van der Waals surface area (Å²) in [6.45, 7) is 4.15. The van der Waals surface area contributed by atoms with Crippen molar-refractivity contribution in [3.63, 3.8) is 0 Å². The summed E-state index contributed by atoms with van der Waals surface area (Å²) in [5.41, 5.74) is 3.80. The van der Waals surface area contributed by atoms with E-state index in [4.69, 9.17) is 23.2 Å². The Morgan fingerprint density at radius 3 is 2.04 bits per heavy atom. The summed E-state index contributed by atoms with van der Waals surface area (Å²) in [5, 5.41) is 4.01. The molecule has 0 unspecified atom stereocenters. The van der Waals surface area contributed by atoms with E-state index in [0.29, 0.717) is 15.6 Å². The zero-order valence-electron chi connectivity index (χ0n) is 13.2. The molecule has 23 heavy (non-hydrogen) atoms. The Morgan fingerprint density at radius 1 is 1.00 bits per heavy atom. The van der Waals surface area contributed by atoms with Crippen molar-refractivity contribution in [2.45, 2.75) is 26.7 Å². The largest absolute Gasteiger partial charge is 0.322 e. The van der Waals surface area contributed by atoms with Crippen LogP contribution in [0.25, 0.3) is 6.08 Å². The molecule has 0 bridgehead atoms. The van der Waals surface area contributed by atoms with E-state index in [0.717, 1.165) is 29.7 Å². The van der Waals surface area contributed by atoms with Gasteiger partial charge in [-0.05, 0) is 42.2 Å². The standard InChI is InChI=1S/C19H19Cl2NO/c1-3-13-7-5-8-14(4-2)19(13)22-18(23)12-11-15-16(20)9-6-10-17(15)21/h5-12H,3-4H2,1-2H3,(H,22,23)/b12-11+. The summed E-state index contributed by atoms with van der Waals surface area (Å²) in [6, 6.07) is 11.3. The Hall–Kier alpha value is -1.77. The summed E-state index contributed by atoms with van der Waals surface area (Å²) >= 11 is 12.2. The van der Waals surface area contributed by atoms with Crippen LogP contribution in [0.3, 0.4) is 0 Å². The number of aryl methyl sites for hydroxylation is 2. The normalized spacial score (nSPS) is 11.0. The van der Waals surface area contributed by atoms with Gasteiger partial charge in [-0.15, -0.1) is 0 Å². The van der Waals surface area contributed by atoms with Crippen molar-refractivity contribution in [2.24, 2.45) is 0 Å². The molecule has 0 aliphatic rings. The van der Waals surface area contributed by atoms with E-state index < -0.39 is 0 Å². The molecular formula is C19H19Cl2NO. The first-order valence-corrected chi connectivity index (χ1v) is 8.36. The fraction of sp³-hybridized carbons (Fsp3) is 0.211. The van der Waals surface area contributed by atoms with Crippen molar-refractivity contribution in [1.29, 1.82) is 0 Å². The highest BCUT2D eigenvalue weighted by atomic mass is 35.5. The molecule has 0 saturated carbocycles. The molecule has 1 N–H and O–H groups in total. The Balaban J connectivity index is 2.22. The number of benzene rings is 2. The van der Waals surface area contributed by atoms with Gasteiger partial charge >= 0.3 is 0 Å². The minimum absolute atomic E-state index is 0.198. The molecule has 120 valence electrons. The summed E-state index contributed by atoms with van der Waals surface area (Å²) in [5.74, 6) is -0.198. The highest BCUT2D eigenvalue weighted by Gasteiger charge is 2.09. The minimum Gasteiger partial charge on any atom is -0.322 e. The lowest BCUT2D eigenvalue weighted by Gasteiger charge is -2.13. The maximum Gasteiger partial charge on any atom is 0.248 e. The van der Waals surface area contributed by atoms with Crippen LogP contribution in [0.5, 0.6) is 0 Å². The van der Waals surface area contributed by atoms with Crippen molar-refractivity contribution >= 4 is 40.9 Å². The molecule has 2 aromatic rings. The molecule has 0 aliphatic carbocycles. The van der Waals surface area contributed by atoms with Crippen molar-refractivity contribution in [3.05, 3.63) is 69.2 Å². The monoisotopic (exact) mass is 347 g/mol. The topological polar surface area (TPSA) is 29.1 Å². The molecule has 0 atom stereocenters. The van der Waals surface area contributed by atoms with Gasteiger partial charge in [0, 0.05) is 27.4 Å². The molecule has 0 aliphatic heterocycles. The average molecular weight is 348 g/mol. The second-order valence-electron chi connectivity index (χ2n) is 5.12. The van der Waals surface area contributed by atoms with Gasteiger partial charge in [0.05, 0.1) is 0 Å². The number of carbonyl (C=O) groups is 1. The third-order valence-electron chi connectivity index (χ3n) is 3.65. The highest BCUT2D eigenvalue weighted by Crippen LogP contribution is 2.26. The second kappa shape index (κ2) is 8.19. The van der Waals surface area contributed by atoms with Gasteiger partial charge in [-0.3, -0.25) is 4.79 Å². The predicted octanol–water partition coefficient (Wildman–Crippen LogP) is 5.77. The van der Waals surface area contributed by atoms with E-state index in [9.17, 15) is 4.79 Å². The first kappa shape index (κ1) is 17.6. The van der Waals surface area contributed by atoms with E-state index in [-0.39, 0.29) is 5.91 Å². The van der Waals surface area contributed by atoms with E-state index in [1.165, 1.54) is 6.08 Å². The smallest absolute Gasteiger partial charge is 0.248 e. The first-order chi connectivity index (χ1) is 11.1. The van der Waals surface area contributed by atoms with Crippen LogP contribution < -0.4 is 5.32 Å². The van der Waals surface area contributed by atoms with Gasteiger partial charge in [-0.1, -0.05) is 61.3 Å². The number of anilines is 1.